The van der Waals surface area contributed by atoms with Crippen LogP contribution >= 0.6 is 0 Å². The predicted molar refractivity (Wildman–Crippen MR) is 116 cm³/mol. The van der Waals surface area contributed by atoms with Crippen LogP contribution in [-0.4, -0.2) is 46.3 Å². The Morgan fingerprint density at radius 1 is 1.13 bits per heavy atom. The highest BCUT2D eigenvalue weighted by Gasteiger charge is 2.33. The molecule has 30 heavy (non-hydrogen) atoms. The first kappa shape index (κ1) is 20.5. The molecule has 158 valence electrons. The van der Waals surface area contributed by atoms with E-state index < -0.39 is 0 Å². The summed E-state index contributed by atoms with van der Waals surface area (Å²) in [6.45, 7) is 8.00. The summed E-state index contributed by atoms with van der Waals surface area (Å²) in [4.78, 5) is 38.4. The third-order valence-corrected chi connectivity index (χ3v) is 6.23. The van der Waals surface area contributed by atoms with E-state index in [9.17, 15) is 9.59 Å². The monoisotopic (exact) mass is 406 g/mol. The molecule has 0 spiro atoms. The lowest BCUT2D eigenvalue weighted by Gasteiger charge is -2.32. The zero-order valence-electron chi connectivity index (χ0n) is 18.1. The average molecular weight is 407 g/mol. The molecule has 0 atom stereocenters. The maximum absolute atomic E-state index is 12.7. The number of carbonyl (C=O) groups excluding carboxylic acids is 2. The predicted octanol–water partition coefficient (Wildman–Crippen LogP) is 3.28. The fourth-order valence-corrected chi connectivity index (χ4v) is 4.42. The van der Waals surface area contributed by atoms with E-state index in [0.717, 1.165) is 55.3 Å². The van der Waals surface area contributed by atoms with Crippen LogP contribution in [-0.2, 0) is 22.4 Å². The summed E-state index contributed by atoms with van der Waals surface area (Å²) >= 11 is 0. The van der Waals surface area contributed by atoms with E-state index in [1.807, 2.05) is 48.8 Å². The summed E-state index contributed by atoms with van der Waals surface area (Å²) in [6.07, 6.45) is 2.93. The van der Waals surface area contributed by atoms with Crippen molar-refractivity contribution < 1.29 is 9.59 Å². The van der Waals surface area contributed by atoms with Gasteiger partial charge < -0.3 is 4.90 Å². The maximum Gasteiger partial charge on any atom is 0.232 e. The number of amides is 2. The van der Waals surface area contributed by atoms with Crippen molar-refractivity contribution >= 4 is 17.6 Å². The molecule has 1 aromatic carbocycles. The van der Waals surface area contributed by atoms with E-state index in [0.29, 0.717) is 13.0 Å². The van der Waals surface area contributed by atoms with Crippen molar-refractivity contribution in [3.05, 3.63) is 53.0 Å². The van der Waals surface area contributed by atoms with E-state index >= 15 is 0 Å². The molecular formula is C24H30N4O2. The second kappa shape index (κ2) is 8.54. The van der Waals surface area contributed by atoms with Gasteiger partial charge in [-0.05, 0) is 31.7 Å². The van der Waals surface area contributed by atoms with Crippen LogP contribution in [0.4, 0.5) is 5.82 Å². The Hall–Kier alpha value is -2.76. The van der Waals surface area contributed by atoms with E-state index in [4.69, 9.17) is 9.97 Å². The molecule has 6 nitrogen and oxygen atoms in total. The third kappa shape index (κ3) is 4.09. The quantitative estimate of drug-likeness (QED) is 0.764. The molecule has 1 aromatic heterocycles. The Balaban J connectivity index is 1.50. The molecule has 2 aliphatic heterocycles. The molecule has 3 heterocycles. The Kier molecular flexibility index (Phi) is 5.84. The molecule has 0 radical (unpaired) electrons. The molecule has 0 saturated carbocycles. The summed E-state index contributed by atoms with van der Waals surface area (Å²) in [5.74, 6) is 2.20. The van der Waals surface area contributed by atoms with E-state index in [2.05, 4.69) is 12.1 Å². The average Bonchev–Trinajstić information content (AvgIpc) is 3.08. The number of rotatable bonds is 5. The summed E-state index contributed by atoms with van der Waals surface area (Å²) < 4.78 is 0. The van der Waals surface area contributed by atoms with Gasteiger partial charge >= 0.3 is 0 Å². The summed E-state index contributed by atoms with van der Waals surface area (Å²) in [5.41, 5.74) is 3.09. The van der Waals surface area contributed by atoms with E-state index in [1.54, 1.807) is 0 Å². The van der Waals surface area contributed by atoms with Crippen LogP contribution in [0.1, 0.15) is 55.3 Å². The number of hydrogen-bond donors (Lipinski definition) is 0. The number of nitrogens with zero attached hydrogens (tertiary/aromatic N) is 4. The fourth-order valence-electron chi connectivity index (χ4n) is 4.42. The second-order valence-electron chi connectivity index (χ2n) is 8.68. The SMILES string of the molecule is Cc1nc(C2CCN(C(=O)C(C)C)CC2)nc2c1CC(=O)N2CCc1ccccc1. The van der Waals surface area contributed by atoms with Crippen molar-refractivity contribution in [2.75, 3.05) is 24.5 Å². The van der Waals surface area contributed by atoms with Crippen molar-refractivity contribution in [1.29, 1.82) is 0 Å². The van der Waals surface area contributed by atoms with Gasteiger partial charge in [0.05, 0.1) is 6.42 Å². The van der Waals surface area contributed by atoms with Crippen LogP contribution in [0.15, 0.2) is 30.3 Å². The molecule has 2 aliphatic rings. The summed E-state index contributed by atoms with van der Waals surface area (Å²) in [7, 11) is 0. The molecule has 1 fully saturated rings. The molecule has 6 heteroatoms. The molecule has 2 aromatic rings. The number of aryl methyl sites for hydroxylation is 1. The minimum atomic E-state index is 0.0317. The van der Waals surface area contributed by atoms with Gasteiger partial charge in [0.1, 0.15) is 11.6 Å². The molecule has 0 aliphatic carbocycles. The molecule has 0 N–H and O–H groups in total. The van der Waals surface area contributed by atoms with Gasteiger partial charge in [-0.3, -0.25) is 14.5 Å². The molecule has 1 saturated heterocycles. The van der Waals surface area contributed by atoms with Gasteiger partial charge in [0.25, 0.3) is 0 Å². The van der Waals surface area contributed by atoms with Crippen molar-refractivity contribution in [3.63, 3.8) is 0 Å². The topological polar surface area (TPSA) is 66.4 Å². The van der Waals surface area contributed by atoms with Crippen molar-refractivity contribution in [2.45, 2.75) is 52.4 Å². The lowest BCUT2D eigenvalue weighted by molar-refractivity contribution is -0.135. The fraction of sp³-hybridized carbons (Fsp3) is 0.500. The largest absolute Gasteiger partial charge is 0.342 e. The lowest BCUT2D eigenvalue weighted by Crippen LogP contribution is -2.40. The number of fused-ring (bicyclic) bond motifs is 1. The van der Waals surface area contributed by atoms with Gasteiger partial charge in [-0.2, -0.15) is 0 Å². The first-order chi connectivity index (χ1) is 14.4. The Labute approximate surface area is 178 Å². The van der Waals surface area contributed by atoms with Crippen LogP contribution in [0.25, 0.3) is 0 Å². The van der Waals surface area contributed by atoms with Gasteiger partial charge in [0, 0.05) is 42.7 Å². The van der Waals surface area contributed by atoms with Gasteiger partial charge in [-0.25, -0.2) is 9.97 Å². The van der Waals surface area contributed by atoms with Gasteiger partial charge in [-0.15, -0.1) is 0 Å². The van der Waals surface area contributed by atoms with Crippen LogP contribution in [0.3, 0.4) is 0 Å². The van der Waals surface area contributed by atoms with E-state index in [1.165, 1.54) is 5.56 Å². The number of likely N-dealkylation sites (tertiary alicyclic amines) is 1. The normalized spacial score (nSPS) is 17.0. The minimum absolute atomic E-state index is 0.0317. The molecular weight excluding hydrogens is 376 g/mol. The first-order valence-electron chi connectivity index (χ1n) is 10.9. The Bertz CT molecular complexity index is 934. The first-order valence-corrected chi connectivity index (χ1v) is 10.9. The van der Waals surface area contributed by atoms with Gasteiger partial charge in [-0.1, -0.05) is 44.2 Å². The Morgan fingerprint density at radius 2 is 1.83 bits per heavy atom. The van der Waals surface area contributed by atoms with Crippen molar-refractivity contribution in [2.24, 2.45) is 5.92 Å². The molecule has 0 unspecified atom stereocenters. The lowest BCUT2D eigenvalue weighted by atomic mass is 9.95. The highest BCUT2D eigenvalue weighted by Crippen LogP contribution is 2.33. The van der Waals surface area contributed by atoms with Crippen LogP contribution in [0.2, 0.25) is 0 Å². The van der Waals surface area contributed by atoms with E-state index in [-0.39, 0.29) is 23.7 Å². The molecule has 0 bridgehead atoms. The zero-order chi connectivity index (χ0) is 21.3. The standard InChI is InChI=1S/C24H30N4O2/c1-16(2)24(30)27-12-10-19(11-13-27)22-25-17(3)20-15-21(29)28(23(20)26-22)14-9-18-7-5-4-6-8-18/h4-8,16,19H,9-15H2,1-3H3. The van der Waals surface area contributed by atoms with Crippen molar-refractivity contribution in [3.8, 4) is 0 Å². The smallest absolute Gasteiger partial charge is 0.232 e. The number of piperidine rings is 1. The van der Waals surface area contributed by atoms with Crippen LogP contribution in [0, 0.1) is 12.8 Å². The zero-order valence-corrected chi connectivity index (χ0v) is 18.1. The number of benzene rings is 1. The highest BCUT2D eigenvalue weighted by molar-refractivity contribution is 6.00. The summed E-state index contributed by atoms with van der Waals surface area (Å²) in [6, 6.07) is 10.2. The Morgan fingerprint density at radius 3 is 2.50 bits per heavy atom. The molecule has 2 amide bonds. The van der Waals surface area contributed by atoms with Crippen molar-refractivity contribution in [1.82, 2.24) is 14.9 Å². The number of carbonyl (C=O) groups is 2. The minimum Gasteiger partial charge on any atom is -0.342 e. The maximum atomic E-state index is 12.7. The van der Waals surface area contributed by atoms with Crippen LogP contribution < -0.4 is 4.90 Å². The number of anilines is 1. The van der Waals surface area contributed by atoms with Gasteiger partial charge in [0.2, 0.25) is 11.8 Å². The molecule has 4 rings (SSSR count). The van der Waals surface area contributed by atoms with Gasteiger partial charge in [0.15, 0.2) is 0 Å². The summed E-state index contributed by atoms with van der Waals surface area (Å²) in [5, 5.41) is 0. The third-order valence-electron chi connectivity index (χ3n) is 6.23. The van der Waals surface area contributed by atoms with Crippen LogP contribution in [0.5, 0.6) is 0 Å². The second-order valence-corrected chi connectivity index (χ2v) is 8.68. The highest BCUT2D eigenvalue weighted by atomic mass is 16.2. The number of hydrogen-bond acceptors (Lipinski definition) is 4. The number of aromatic nitrogens is 2.